The maximum Gasteiger partial charge on any atom is 0.217 e. The van der Waals surface area contributed by atoms with Crippen molar-refractivity contribution in [2.75, 3.05) is 7.11 Å². The molecule has 0 fully saturated rings. The lowest BCUT2D eigenvalue weighted by molar-refractivity contribution is 0.388. The van der Waals surface area contributed by atoms with Gasteiger partial charge in [-0.1, -0.05) is 18.2 Å². The second-order valence-electron chi connectivity index (χ2n) is 4.79. The van der Waals surface area contributed by atoms with Crippen LogP contribution in [0.3, 0.4) is 0 Å². The molecule has 0 saturated heterocycles. The van der Waals surface area contributed by atoms with Crippen molar-refractivity contribution in [1.29, 1.82) is 0 Å². The normalized spacial score (nSPS) is 12.2. The van der Waals surface area contributed by atoms with Gasteiger partial charge in [0.25, 0.3) is 0 Å². The average molecular weight is 274 g/mol. The average Bonchev–Trinajstić information content (AvgIpc) is 2.45. The number of aromatic nitrogens is 1. The first kappa shape index (κ1) is 14.5. The minimum absolute atomic E-state index is 0.191. The fourth-order valence-electron chi connectivity index (χ4n) is 2.12. The maximum absolute atomic E-state index is 13.1. The van der Waals surface area contributed by atoms with Gasteiger partial charge in [0.1, 0.15) is 5.82 Å². The molecule has 20 heavy (non-hydrogen) atoms. The Balaban J connectivity index is 1.90. The lowest BCUT2D eigenvalue weighted by Gasteiger charge is -2.15. The summed E-state index contributed by atoms with van der Waals surface area (Å²) in [6.45, 7) is 2.75. The van der Waals surface area contributed by atoms with Crippen LogP contribution in [-0.4, -0.2) is 18.1 Å². The van der Waals surface area contributed by atoms with E-state index in [1.165, 1.54) is 6.07 Å². The number of hydrogen-bond acceptors (Lipinski definition) is 3. The Morgan fingerprint density at radius 1 is 1.30 bits per heavy atom. The van der Waals surface area contributed by atoms with Crippen molar-refractivity contribution in [2.45, 2.75) is 25.9 Å². The number of benzene rings is 1. The van der Waals surface area contributed by atoms with Gasteiger partial charge < -0.3 is 10.1 Å². The molecule has 0 amide bonds. The Labute approximate surface area is 118 Å². The van der Waals surface area contributed by atoms with Crippen LogP contribution in [0.15, 0.2) is 42.6 Å². The highest BCUT2D eigenvalue weighted by atomic mass is 19.1. The van der Waals surface area contributed by atoms with Crippen molar-refractivity contribution in [3.8, 4) is 5.88 Å². The second kappa shape index (κ2) is 7.01. The molecule has 1 unspecified atom stereocenters. The summed E-state index contributed by atoms with van der Waals surface area (Å²) in [6, 6.07) is 10.8. The van der Waals surface area contributed by atoms with Gasteiger partial charge in [-0.2, -0.15) is 0 Å². The van der Waals surface area contributed by atoms with Crippen molar-refractivity contribution >= 4 is 0 Å². The van der Waals surface area contributed by atoms with Crippen molar-refractivity contribution in [1.82, 2.24) is 10.3 Å². The zero-order valence-electron chi connectivity index (χ0n) is 11.8. The molecule has 106 valence electrons. The molecule has 4 heteroatoms. The Bertz CT molecular complexity index is 560. The van der Waals surface area contributed by atoms with E-state index >= 15 is 0 Å². The van der Waals surface area contributed by atoms with E-state index in [0.717, 1.165) is 17.5 Å². The Hall–Kier alpha value is -1.94. The lowest BCUT2D eigenvalue weighted by atomic mass is 10.1. The summed E-state index contributed by atoms with van der Waals surface area (Å²) in [5.74, 6) is 0.446. The van der Waals surface area contributed by atoms with Gasteiger partial charge in [-0.05, 0) is 37.1 Å². The van der Waals surface area contributed by atoms with Crippen molar-refractivity contribution < 1.29 is 9.13 Å². The molecular weight excluding hydrogens is 255 g/mol. The van der Waals surface area contributed by atoms with Crippen LogP contribution in [0.4, 0.5) is 4.39 Å². The van der Waals surface area contributed by atoms with E-state index in [0.29, 0.717) is 12.4 Å². The van der Waals surface area contributed by atoms with E-state index in [4.69, 9.17) is 4.74 Å². The molecule has 0 aliphatic carbocycles. The summed E-state index contributed by atoms with van der Waals surface area (Å²) < 4.78 is 18.3. The summed E-state index contributed by atoms with van der Waals surface area (Å²) in [5.41, 5.74) is 2.00. The van der Waals surface area contributed by atoms with E-state index < -0.39 is 0 Å². The highest BCUT2D eigenvalue weighted by Gasteiger charge is 2.07. The molecule has 0 saturated carbocycles. The molecular formula is C16H19FN2O. The number of halogens is 1. The summed E-state index contributed by atoms with van der Waals surface area (Å²) >= 11 is 0. The molecule has 3 nitrogen and oxygen atoms in total. The number of methoxy groups -OCH3 is 1. The zero-order chi connectivity index (χ0) is 14.4. The minimum atomic E-state index is -0.191. The van der Waals surface area contributed by atoms with Gasteiger partial charge in [0.05, 0.1) is 7.11 Å². The lowest BCUT2D eigenvalue weighted by Crippen LogP contribution is -2.27. The van der Waals surface area contributed by atoms with Crippen LogP contribution < -0.4 is 10.1 Å². The number of nitrogens with zero attached hydrogens (tertiary/aromatic N) is 1. The molecule has 1 heterocycles. The molecule has 0 aliphatic rings. The quantitative estimate of drug-likeness (QED) is 0.879. The first-order valence-electron chi connectivity index (χ1n) is 6.64. The van der Waals surface area contributed by atoms with Crippen LogP contribution in [0.2, 0.25) is 0 Å². The van der Waals surface area contributed by atoms with E-state index in [9.17, 15) is 4.39 Å². The smallest absolute Gasteiger partial charge is 0.217 e. The summed E-state index contributed by atoms with van der Waals surface area (Å²) in [7, 11) is 1.61. The predicted octanol–water partition coefficient (Wildman–Crippen LogP) is 2.95. The molecule has 0 aliphatic heterocycles. The molecule has 0 radical (unpaired) electrons. The van der Waals surface area contributed by atoms with Crippen LogP contribution in [0.1, 0.15) is 18.1 Å². The highest BCUT2D eigenvalue weighted by Crippen LogP contribution is 2.13. The standard InChI is InChI=1S/C16H19FN2O/c1-12(9-13-5-3-7-15(17)10-13)19-11-14-6-4-8-18-16(14)20-2/h3-8,10,12,19H,9,11H2,1-2H3. The third-order valence-electron chi connectivity index (χ3n) is 3.12. The number of rotatable bonds is 6. The van der Waals surface area contributed by atoms with E-state index in [1.807, 2.05) is 18.2 Å². The van der Waals surface area contributed by atoms with Gasteiger partial charge in [0.15, 0.2) is 0 Å². The first-order chi connectivity index (χ1) is 9.69. The molecule has 0 bridgehead atoms. The van der Waals surface area contributed by atoms with Gasteiger partial charge in [0.2, 0.25) is 5.88 Å². The van der Waals surface area contributed by atoms with E-state index in [2.05, 4.69) is 17.2 Å². The van der Waals surface area contributed by atoms with Gasteiger partial charge in [-0.15, -0.1) is 0 Å². The van der Waals surface area contributed by atoms with Gasteiger partial charge in [0, 0.05) is 24.3 Å². The SMILES string of the molecule is COc1ncccc1CNC(C)Cc1cccc(F)c1. The summed E-state index contributed by atoms with van der Waals surface area (Å²) in [6.07, 6.45) is 2.48. The topological polar surface area (TPSA) is 34.1 Å². The number of hydrogen-bond donors (Lipinski definition) is 1. The van der Waals surface area contributed by atoms with Crippen LogP contribution in [0.5, 0.6) is 5.88 Å². The van der Waals surface area contributed by atoms with Gasteiger partial charge >= 0.3 is 0 Å². The third-order valence-corrected chi connectivity index (χ3v) is 3.12. The van der Waals surface area contributed by atoms with Crippen LogP contribution in [0, 0.1) is 5.82 Å². The van der Waals surface area contributed by atoms with E-state index in [1.54, 1.807) is 25.4 Å². The second-order valence-corrected chi connectivity index (χ2v) is 4.79. The molecule has 2 rings (SSSR count). The fourth-order valence-corrected chi connectivity index (χ4v) is 2.12. The van der Waals surface area contributed by atoms with E-state index in [-0.39, 0.29) is 11.9 Å². The Kier molecular flexibility index (Phi) is 5.07. The minimum Gasteiger partial charge on any atom is -0.481 e. The van der Waals surface area contributed by atoms with Crippen LogP contribution in [0.25, 0.3) is 0 Å². The van der Waals surface area contributed by atoms with Gasteiger partial charge in [-0.25, -0.2) is 9.37 Å². The molecule has 1 N–H and O–H groups in total. The molecule has 1 aromatic heterocycles. The van der Waals surface area contributed by atoms with Crippen LogP contribution in [-0.2, 0) is 13.0 Å². The highest BCUT2D eigenvalue weighted by molar-refractivity contribution is 5.25. The monoisotopic (exact) mass is 274 g/mol. The maximum atomic E-state index is 13.1. The summed E-state index contributed by atoms with van der Waals surface area (Å²) in [5, 5.41) is 3.40. The number of pyridine rings is 1. The van der Waals surface area contributed by atoms with Crippen molar-refractivity contribution in [3.05, 3.63) is 59.5 Å². The Morgan fingerprint density at radius 2 is 2.15 bits per heavy atom. The molecule has 1 atom stereocenters. The largest absolute Gasteiger partial charge is 0.481 e. The molecule has 0 spiro atoms. The third kappa shape index (κ3) is 4.03. The fraction of sp³-hybridized carbons (Fsp3) is 0.312. The number of nitrogens with one attached hydrogen (secondary N) is 1. The summed E-state index contributed by atoms with van der Waals surface area (Å²) in [4.78, 5) is 4.16. The predicted molar refractivity (Wildman–Crippen MR) is 77.2 cm³/mol. The molecule has 2 aromatic rings. The van der Waals surface area contributed by atoms with Crippen molar-refractivity contribution in [3.63, 3.8) is 0 Å². The zero-order valence-corrected chi connectivity index (χ0v) is 11.8. The van der Waals surface area contributed by atoms with Crippen molar-refractivity contribution in [2.24, 2.45) is 0 Å². The van der Waals surface area contributed by atoms with Gasteiger partial charge in [-0.3, -0.25) is 0 Å². The Morgan fingerprint density at radius 3 is 2.90 bits per heavy atom. The van der Waals surface area contributed by atoms with Crippen LogP contribution >= 0.6 is 0 Å². The number of ether oxygens (including phenoxy) is 1. The first-order valence-corrected chi connectivity index (χ1v) is 6.64. The molecule has 1 aromatic carbocycles.